The summed E-state index contributed by atoms with van der Waals surface area (Å²) in [6.45, 7) is 3.15. The van der Waals surface area contributed by atoms with Crippen molar-refractivity contribution in [1.29, 1.82) is 0 Å². The van der Waals surface area contributed by atoms with Gasteiger partial charge in [-0.05, 0) is 49.9 Å². The standard InChI is InChI=1S/C19H25N3OS2/c1-4-5-9-15-13-22(14-10-7-6-8-11-14)16-12-17(24-3)18(23)20-19(16)25-21(15)2/h6-8,10-12,15H,4-5,9,13H2,1-3H3,(H,20,23). The number of aromatic nitrogens is 1. The van der Waals surface area contributed by atoms with Gasteiger partial charge in [0, 0.05) is 18.3 Å². The van der Waals surface area contributed by atoms with Gasteiger partial charge in [0.05, 0.1) is 10.6 Å². The molecule has 1 N–H and O–H groups in total. The van der Waals surface area contributed by atoms with Crippen molar-refractivity contribution < 1.29 is 0 Å². The molecule has 0 saturated heterocycles. The van der Waals surface area contributed by atoms with Crippen molar-refractivity contribution in [3.05, 3.63) is 46.8 Å². The molecule has 0 aliphatic carbocycles. The highest BCUT2D eigenvalue weighted by Gasteiger charge is 2.28. The number of hydrogen-bond acceptors (Lipinski definition) is 5. The van der Waals surface area contributed by atoms with E-state index >= 15 is 0 Å². The van der Waals surface area contributed by atoms with E-state index in [2.05, 4.69) is 52.4 Å². The van der Waals surface area contributed by atoms with Crippen molar-refractivity contribution in [1.82, 2.24) is 9.29 Å². The molecule has 1 aliphatic heterocycles. The summed E-state index contributed by atoms with van der Waals surface area (Å²) < 4.78 is 2.30. The maximum atomic E-state index is 12.3. The molecule has 1 aromatic carbocycles. The Balaban J connectivity index is 2.08. The van der Waals surface area contributed by atoms with Crippen LogP contribution in [0, 0.1) is 0 Å². The highest BCUT2D eigenvalue weighted by Crippen LogP contribution is 2.40. The van der Waals surface area contributed by atoms with Crippen molar-refractivity contribution in [2.45, 2.75) is 42.1 Å². The molecule has 0 amide bonds. The SMILES string of the molecule is CCCCC1CN(c2ccccc2)c2cc(SC)c(=O)[nH]c2SN1C. The number of likely N-dealkylation sites (N-methyl/N-ethyl adjacent to an activating group) is 1. The van der Waals surface area contributed by atoms with Gasteiger partial charge in [-0.25, -0.2) is 4.31 Å². The third kappa shape index (κ3) is 4.07. The number of nitrogens with zero attached hydrogens (tertiary/aromatic N) is 2. The molecule has 3 rings (SSSR count). The number of para-hydroxylation sites is 1. The van der Waals surface area contributed by atoms with Crippen LogP contribution in [0.4, 0.5) is 11.4 Å². The number of aromatic amines is 1. The minimum absolute atomic E-state index is 0.00725. The Hall–Kier alpha value is -1.37. The summed E-state index contributed by atoms with van der Waals surface area (Å²) in [5, 5.41) is 0.924. The molecule has 0 bridgehead atoms. The number of anilines is 2. The first-order chi connectivity index (χ1) is 12.1. The van der Waals surface area contributed by atoms with Crippen molar-refractivity contribution in [3.8, 4) is 0 Å². The van der Waals surface area contributed by atoms with Crippen LogP contribution in [0.25, 0.3) is 0 Å². The molecule has 1 unspecified atom stereocenters. The summed E-state index contributed by atoms with van der Waals surface area (Å²) in [6.07, 6.45) is 5.50. The minimum Gasteiger partial charge on any atom is -0.338 e. The second kappa shape index (κ2) is 8.34. The predicted octanol–water partition coefficient (Wildman–Crippen LogP) is 4.75. The summed E-state index contributed by atoms with van der Waals surface area (Å²) >= 11 is 3.14. The highest BCUT2D eigenvalue weighted by molar-refractivity contribution is 7.98. The molecule has 6 heteroatoms. The number of pyridine rings is 1. The van der Waals surface area contributed by atoms with E-state index in [0.29, 0.717) is 6.04 Å². The Morgan fingerprint density at radius 3 is 2.76 bits per heavy atom. The van der Waals surface area contributed by atoms with E-state index in [-0.39, 0.29) is 5.56 Å². The number of unbranched alkanes of at least 4 members (excludes halogenated alkanes) is 1. The van der Waals surface area contributed by atoms with E-state index in [4.69, 9.17) is 0 Å². The lowest BCUT2D eigenvalue weighted by Gasteiger charge is -2.29. The van der Waals surface area contributed by atoms with Crippen LogP contribution in [0.5, 0.6) is 0 Å². The van der Waals surface area contributed by atoms with Crippen molar-refractivity contribution >= 4 is 35.1 Å². The lowest BCUT2D eigenvalue weighted by atomic mass is 10.1. The average Bonchev–Trinajstić information content (AvgIpc) is 2.76. The largest absolute Gasteiger partial charge is 0.338 e. The maximum Gasteiger partial charge on any atom is 0.262 e. The fourth-order valence-corrected chi connectivity index (χ4v) is 4.59. The zero-order valence-corrected chi connectivity index (χ0v) is 16.6. The Morgan fingerprint density at radius 2 is 2.08 bits per heavy atom. The number of hydrogen-bond donors (Lipinski definition) is 1. The van der Waals surface area contributed by atoms with Gasteiger partial charge in [0.2, 0.25) is 0 Å². The Morgan fingerprint density at radius 1 is 1.32 bits per heavy atom. The number of thioether (sulfide) groups is 1. The summed E-state index contributed by atoms with van der Waals surface area (Å²) in [5.74, 6) is 0. The molecule has 25 heavy (non-hydrogen) atoms. The van der Waals surface area contributed by atoms with E-state index in [1.165, 1.54) is 30.3 Å². The molecule has 1 aliphatic rings. The average molecular weight is 376 g/mol. The number of rotatable bonds is 5. The van der Waals surface area contributed by atoms with E-state index < -0.39 is 0 Å². The van der Waals surface area contributed by atoms with Gasteiger partial charge in [0.25, 0.3) is 5.56 Å². The van der Waals surface area contributed by atoms with Crippen LogP contribution in [0.2, 0.25) is 0 Å². The van der Waals surface area contributed by atoms with Crippen LogP contribution < -0.4 is 10.5 Å². The third-order valence-electron chi connectivity index (χ3n) is 4.56. The molecule has 0 radical (unpaired) electrons. The smallest absolute Gasteiger partial charge is 0.262 e. The molecular weight excluding hydrogens is 350 g/mol. The Kier molecular flexibility index (Phi) is 6.15. The summed E-state index contributed by atoms with van der Waals surface area (Å²) in [4.78, 5) is 18.5. The third-order valence-corrected chi connectivity index (χ3v) is 6.39. The van der Waals surface area contributed by atoms with Crippen molar-refractivity contribution in [2.24, 2.45) is 0 Å². The number of H-pyrrole nitrogens is 1. The van der Waals surface area contributed by atoms with Crippen LogP contribution in [-0.4, -0.2) is 35.2 Å². The molecule has 0 fully saturated rings. The van der Waals surface area contributed by atoms with Crippen LogP contribution in [0.3, 0.4) is 0 Å². The van der Waals surface area contributed by atoms with Crippen LogP contribution in [0.15, 0.2) is 51.1 Å². The van der Waals surface area contributed by atoms with E-state index in [1.807, 2.05) is 18.4 Å². The fraction of sp³-hybridized carbons (Fsp3) is 0.421. The van der Waals surface area contributed by atoms with Gasteiger partial charge in [-0.15, -0.1) is 11.8 Å². The van der Waals surface area contributed by atoms with E-state index in [1.54, 1.807) is 11.9 Å². The van der Waals surface area contributed by atoms with Crippen molar-refractivity contribution in [3.63, 3.8) is 0 Å². The molecule has 0 saturated carbocycles. The summed E-state index contributed by atoms with van der Waals surface area (Å²) in [6, 6.07) is 12.9. The number of nitrogens with one attached hydrogen (secondary N) is 1. The first-order valence-corrected chi connectivity index (χ1v) is 10.7. The van der Waals surface area contributed by atoms with Gasteiger partial charge in [-0.2, -0.15) is 0 Å². The second-order valence-corrected chi connectivity index (χ2v) is 8.28. The van der Waals surface area contributed by atoms with Gasteiger partial charge >= 0.3 is 0 Å². The Labute approximate surface area is 158 Å². The maximum absolute atomic E-state index is 12.3. The molecule has 2 aromatic rings. The summed E-state index contributed by atoms with van der Waals surface area (Å²) in [7, 11) is 2.13. The molecule has 2 heterocycles. The minimum atomic E-state index is -0.00725. The van der Waals surface area contributed by atoms with E-state index in [0.717, 1.165) is 28.6 Å². The topological polar surface area (TPSA) is 39.3 Å². The first kappa shape index (κ1) is 18.4. The van der Waals surface area contributed by atoms with Crippen molar-refractivity contribution in [2.75, 3.05) is 24.7 Å². The van der Waals surface area contributed by atoms with E-state index in [9.17, 15) is 4.79 Å². The fourth-order valence-electron chi connectivity index (χ4n) is 3.11. The zero-order chi connectivity index (χ0) is 17.8. The van der Waals surface area contributed by atoms with Gasteiger partial charge in [-0.3, -0.25) is 4.79 Å². The number of fused-ring (bicyclic) bond motifs is 1. The first-order valence-electron chi connectivity index (χ1n) is 8.68. The number of benzene rings is 1. The van der Waals surface area contributed by atoms with Gasteiger partial charge in [0.1, 0.15) is 5.03 Å². The molecule has 0 spiro atoms. The molecule has 4 nitrogen and oxygen atoms in total. The normalized spacial score (nSPS) is 18.0. The Bertz CT molecular complexity index is 763. The molecule has 1 aromatic heterocycles. The lowest BCUT2D eigenvalue weighted by molar-refractivity contribution is 0.382. The zero-order valence-electron chi connectivity index (χ0n) is 15.0. The van der Waals surface area contributed by atoms with Crippen LogP contribution >= 0.6 is 23.7 Å². The van der Waals surface area contributed by atoms with Gasteiger partial charge in [-0.1, -0.05) is 38.0 Å². The molecular formula is C19H25N3OS2. The second-order valence-electron chi connectivity index (χ2n) is 6.26. The molecule has 134 valence electrons. The van der Waals surface area contributed by atoms with Crippen LogP contribution in [-0.2, 0) is 0 Å². The quantitative estimate of drug-likeness (QED) is 0.603. The molecule has 1 atom stereocenters. The highest BCUT2D eigenvalue weighted by atomic mass is 32.2. The lowest BCUT2D eigenvalue weighted by Crippen LogP contribution is -2.35. The van der Waals surface area contributed by atoms with Crippen LogP contribution in [0.1, 0.15) is 26.2 Å². The van der Waals surface area contributed by atoms with Gasteiger partial charge in [0.15, 0.2) is 0 Å². The predicted molar refractivity (Wildman–Crippen MR) is 109 cm³/mol. The summed E-state index contributed by atoms with van der Waals surface area (Å²) in [5.41, 5.74) is 2.25. The monoisotopic (exact) mass is 375 g/mol. The van der Waals surface area contributed by atoms with Gasteiger partial charge < -0.3 is 9.88 Å².